The molecule has 7 nitrogen and oxygen atoms in total. The molecule has 0 radical (unpaired) electrons. The fourth-order valence-electron chi connectivity index (χ4n) is 3.94. The Morgan fingerprint density at radius 2 is 1.76 bits per heavy atom. The minimum Gasteiger partial charge on any atom is -0.497 e. The fourth-order valence-corrected chi connectivity index (χ4v) is 3.94. The van der Waals surface area contributed by atoms with Gasteiger partial charge in [-0.2, -0.15) is 10.2 Å². The van der Waals surface area contributed by atoms with Gasteiger partial charge in [-0.05, 0) is 29.3 Å². The molecule has 0 fully saturated rings. The lowest BCUT2D eigenvalue weighted by Gasteiger charge is -2.22. The summed E-state index contributed by atoms with van der Waals surface area (Å²) in [4.78, 5) is 13.3. The second kappa shape index (κ2) is 9.08. The van der Waals surface area contributed by atoms with Gasteiger partial charge in [-0.15, -0.1) is 5.10 Å². The van der Waals surface area contributed by atoms with Crippen molar-refractivity contribution in [1.82, 2.24) is 15.2 Å². The first-order chi connectivity index (χ1) is 16.2. The number of carbonyl (C=O) groups is 1. The monoisotopic (exact) mass is 438 g/mol. The number of nitrogens with zero attached hydrogens (tertiary/aromatic N) is 4. The summed E-state index contributed by atoms with van der Waals surface area (Å²) >= 11 is 0. The Hall–Kier alpha value is -4.26. The van der Waals surface area contributed by atoms with E-state index in [0.29, 0.717) is 12.3 Å². The summed E-state index contributed by atoms with van der Waals surface area (Å²) in [6, 6.07) is 25.0. The molecule has 1 unspecified atom stereocenters. The van der Waals surface area contributed by atoms with E-state index in [1.807, 2.05) is 78.9 Å². The highest BCUT2D eigenvalue weighted by atomic mass is 16.5. The van der Waals surface area contributed by atoms with Gasteiger partial charge in [-0.1, -0.05) is 60.7 Å². The number of ether oxygens (including phenoxy) is 2. The van der Waals surface area contributed by atoms with Crippen molar-refractivity contribution in [3.63, 3.8) is 0 Å². The fraction of sp³-hybridized carbons (Fsp3) is 0.154. The molecule has 0 spiro atoms. The molecular formula is C26H22N4O3. The molecule has 0 aliphatic carbocycles. The summed E-state index contributed by atoms with van der Waals surface area (Å²) in [6.07, 6.45) is 2.27. The third kappa shape index (κ3) is 4.25. The molecule has 0 bridgehead atoms. The number of rotatable bonds is 6. The van der Waals surface area contributed by atoms with E-state index in [4.69, 9.17) is 9.47 Å². The smallest absolute Gasteiger partial charge is 0.281 e. The van der Waals surface area contributed by atoms with Crippen LogP contribution >= 0.6 is 0 Å². The van der Waals surface area contributed by atoms with Gasteiger partial charge in [-0.25, -0.2) is 5.01 Å². The molecule has 2 heterocycles. The van der Waals surface area contributed by atoms with Crippen molar-refractivity contribution in [2.75, 3.05) is 13.7 Å². The van der Waals surface area contributed by atoms with Crippen LogP contribution in [0.1, 0.15) is 23.6 Å². The number of amides is 1. The third-order valence-electron chi connectivity index (χ3n) is 5.64. The zero-order chi connectivity index (χ0) is 22.6. The van der Waals surface area contributed by atoms with Crippen molar-refractivity contribution < 1.29 is 14.3 Å². The van der Waals surface area contributed by atoms with Crippen LogP contribution in [-0.4, -0.2) is 40.5 Å². The predicted molar refractivity (Wildman–Crippen MR) is 125 cm³/mol. The van der Waals surface area contributed by atoms with Gasteiger partial charge in [0.15, 0.2) is 6.61 Å². The van der Waals surface area contributed by atoms with Crippen LogP contribution in [-0.2, 0) is 4.79 Å². The molecule has 4 aromatic rings. The quantitative estimate of drug-likeness (QED) is 0.446. The number of aromatic nitrogens is 2. The van der Waals surface area contributed by atoms with Crippen molar-refractivity contribution in [2.24, 2.45) is 5.10 Å². The molecule has 7 heteroatoms. The van der Waals surface area contributed by atoms with E-state index in [1.165, 1.54) is 5.01 Å². The minimum atomic E-state index is -0.253. The predicted octanol–water partition coefficient (Wildman–Crippen LogP) is 4.40. The van der Waals surface area contributed by atoms with Crippen LogP contribution < -0.4 is 9.47 Å². The van der Waals surface area contributed by atoms with E-state index in [1.54, 1.807) is 13.3 Å². The van der Waals surface area contributed by atoms with E-state index in [0.717, 1.165) is 33.4 Å². The number of hydrazone groups is 1. The zero-order valence-electron chi connectivity index (χ0n) is 18.1. The molecule has 0 saturated carbocycles. The van der Waals surface area contributed by atoms with Gasteiger partial charge in [0.05, 0.1) is 25.1 Å². The molecule has 1 amide bonds. The highest BCUT2D eigenvalue weighted by molar-refractivity contribution is 6.03. The molecule has 1 aliphatic rings. The Morgan fingerprint density at radius 3 is 2.55 bits per heavy atom. The number of benzene rings is 3. The maximum Gasteiger partial charge on any atom is 0.281 e. The average Bonchev–Trinajstić information content (AvgIpc) is 3.33. The normalized spacial score (nSPS) is 15.4. The Balaban J connectivity index is 1.41. The van der Waals surface area contributed by atoms with Crippen LogP contribution in [0.2, 0.25) is 0 Å². The van der Waals surface area contributed by atoms with Gasteiger partial charge >= 0.3 is 0 Å². The van der Waals surface area contributed by atoms with Crippen LogP contribution in [0.15, 0.2) is 90.2 Å². The molecule has 1 aromatic heterocycles. The number of carbonyl (C=O) groups excluding carboxylic acids is 1. The standard InChI is InChI=1S/C26H22N4O3/c1-32-21-13-11-19(12-14-21)24-15-23(18-7-3-2-4-8-18)29-30(24)25(31)17-33-26-22-10-6-5-9-20(22)16-27-28-26/h2-14,16,24H,15,17H2,1H3. The lowest BCUT2D eigenvalue weighted by atomic mass is 9.98. The first kappa shape index (κ1) is 20.6. The van der Waals surface area contributed by atoms with E-state index >= 15 is 0 Å². The first-order valence-electron chi connectivity index (χ1n) is 10.6. The molecular weight excluding hydrogens is 416 g/mol. The van der Waals surface area contributed by atoms with E-state index in [9.17, 15) is 4.79 Å². The van der Waals surface area contributed by atoms with Gasteiger partial charge in [0.2, 0.25) is 5.88 Å². The second-order valence-corrected chi connectivity index (χ2v) is 7.67. The second-order valence-electron chi connectivity index (χ2n) is 7.67. The largest absolute Gasteiger partial charge is 0.497 e. The lowest BCUT2D eigenvalue weighted by Crippen LogP contribution is -2.31. The summed E-state index contributed by atoms with van der Waals surface area (Å²) in [6.45, 7) is -0.194. The molecule has 3 aromatic carbocycles. The lowest BCUT2D eigenvalue weighted by molar-refractivity contribution is -0.135. The van der Waals surface area contributed by atoms with Crippen molar-refractivity contribution >= 4 is 22.4 Å². The molecule has 1 atom stereocenters. The van der Waals surface area contributed by atoms with Crippen LogP contribution in [0, 0.1) is 0 Å². The van der Waals surface area contributed by atoms with Crippen LogP contribution in [0.3, 0.4) is 0 Å². The summed E-state index contributed by atoms with van der Waals surface area (Å²) in [5.41, 5.74) is 2.82. The number of methoxy groups -OCH3 is 1. The minimum absolute atomic E-state index is 0.194. The van der Waals surface area contributed by atoms with E-state index in [2.05, 4.69) is 15.3 Å². The first-order valence-corrected chi connectivity index (χ1v) is 10.6. The van der Waals surface area contributed by atoms with Gasteiger partial charge in [0.1, 0.15) is 5.75 Å². The van der Waals surface area contributed by atoms with Gasteiger partial charge in [0.25, 0.3) is 5.91 Å². The zero-order valence-corrected chi connectivity index (χ0v) is 18.1. The Bertz CT molecular complexity index is 1300. The maximum absolute atomic E-state index is 13.3. The van der Waals surface area contributed by atoms with Crippen molar-refractivity contribution in [3.05, 3.63) is 96.2 Å². The van der Waals surface area contributed by atoms with Crippen LogP contribution in [0.4, 0.5) is 0 Å². The Kier molecular flexibility index (Phi) is 5.68. The van der Waals surface area contributed by atoms with Crippen molar-refractivity contribution in [1.29, 1.82) is 0 Å². The SMILES string of the molecule is COc1ccc(C2CC(c3ccccc3)=NN2C(=O)COc2nncc3ccccc23)cc1. The highest BCUT2D eigenvalue weighted by Crippen LogP contribution is 2.34. The van der Waals surface area contributed by atoms with Gasteiger partial charge in [0, 0.05) is 17.2 Å². The molecule has 1 aliphatic heterocycles. The van der Waals surface area contributed by atoms with E-state index in [-0.39, 0.29) is 18.6 Å². The Morgan fingerprint density at radius 1 is 1.00 bits per heavy atom. The number of hydrogen-bond acceptors (Lipinski definition) is 6. The van der Waals surface area contributed by atoms with Crippen molar-refractivity contribution in [2.45, 2.75) is 12.5 Å². The molecule has 5 rings (SSSR count). The number of fused-ring (bicyclic) bond motifs is 1. The van der Waals surface area contributed by atoms with Gasteiger partial charge in [-0.3, -0.25) is 4.79 Å². The average molecular weight is 438 g/mol. The molecule has 33 heavy (non-hydrogen) atoms. The van der Waals surface area contributed by atoms with E-state index < -0.39 is 0 Å². The van der Waals surface area contributed by atoms with Crippen LogP contribution in [0.25, 0.3) is 10.8 Å². The van der Waals surface area contributed by atoms with Crippen molar-refractivity contribution in [3.8, 4) is 11.6 Å². The highest BCUT2D eigenvalue weighted by Gasteiger charge is 2.33. The molecule has 0 saturated heterocycles. The summed E-state index contributed by atoms with van der Waals surface area (Å²) in [5.74, 6) is 0.835. The number of hydrogen-bond donors (Lipinski definition) is 0. The summed E-state index contributed by atoms with van der Waals surface area (Å²) < 4.78 is 11.1. The van der Waals surface area contributed by atoms with Gasteiger partial charge < -0.3 is 9.47 Å². The molecule has 164 valence electrons. The summed E-state index contributed by atoms with van der Waals surface area (Å²) in [7, 11) is 1.63. The Labute approximate surface area is 191 Å². The topological polar surface area (TPSA) is 76.9 Å². The summed E-state index contributed by atoms with van der Waals surface area (Å²) in [5, 5.41) is 16.0. The third-order valence-corrected chi connectivity index (χ3v) is 5.64. The van der Waals surface area contributed by atoms with Crippen LogP contribution in [0.5, 0.6) is 11.6 Å². The maximum atomic E-state index is 13.3. The molecule has 0 N–H and O–H groups in total.